The van der Waals surface area contributed by atoms with E-state index >= 15 is 0 Å². The minimum atomic E-state index is -1.10. The van der Waals surface area contributed by atoms with Crippen LogP contribution in [0.15, 0.2) is 48.5 Å². The molecule has 7 nitrogen and oxygen atoms in total. The van der Waals surface area contributed by atoms with Crippen LogP contribution in [0.1, 0.15) is 12.5 Å². The Morgan fingerprint density at radius 3 is 2.43 bits per heavy atom. The molecule has 2 rings (SSSR count). The lowest BCUT2D eigenvalue weighted by Gasteiger charge is -2.14. The first-order valence-electron chi connectivity index (χ1n) is 8.35. The summed E-state index contributed by atoms with van der Waals surface area (Å²) in [7, 11) is 0. The maximum Gasteiger partial charge on any atom is 0.408 e. The predicted molar refractivity (Wildman–Crippen MR) is 97.2 cm³/mol. The van der Waals surface area contributed by atoms with Gasteiger partial charge in [0.1, 0.15) is 12.6 Å². The van der Waals surface area contributed by atoms with E-state index in [0.717, 1.165) is 17.7 Å². The Kier molecular flexibility index (Phi) is 7.44. The molecule has 2 aromatic rings. The molecule has 0 saturated heterocycles. The van der Waals surface area contributed by atoms with Gasteiger partial charge in [-0.1, -0.05) is 30.3 Å². The molecule has 28 heavy (non-hydrogen) atoms. The number of alkyl carbamates (subject to hydrolysis) is 1. The van der Waals surface area contributed by atoms with E-state index in [1.54, 1.807) is 24.3 Å². The quantitative estimate of drug-likeness (QED) is 0.675. The first-order chi connectivity index (χ1) is 13.3. The summed E-state index contributed by atoms with van der Waals surface area (Å²) in [5.74, 6) is -3.39. The van der Waals surface area contributed by atoms with Crippen molar-refractivity contribution in [2.24, 2.45) is 0 Å². The van der Waals surface area contributed by atoms with Crippen molar-refractivity contribution < 1.29 is 27.9 Å². The molecule has 0 radical (unpaired) electrons. The normalized spacial score (nSPS) is 11.2. The third-order valence-electron chi connectivity index (χ3n) is 3.57. The fourth-order valence-electron chi connectivity index (χ4n) is 2.11. The third kappa shape index (κ3) is 6.67. The summed E-state index contributed by atoms with van der Waals surface area (Å²) in [5, 5.41) is 6.97. The van der Waals surface area contributed by atoms with E-state index in [0.29, 0.717) is 0 Å². The van der Waals surface area contributed by atoms with Crippen LogP contribution in [0.3, 0.4) is 0 Å². The van der Waals surface area contributed by atoms with E-state index in [9.17, 15) is 23.2 Å². The highest BCUT2D eigenvalue weighted by Gasteiger charge is 2.17. The molecule has 148 valence electrons. The first-order valence-corrected chi connectivity index (χ1v) is 8.35. The number of hydrogen-bond acceptors (Lipinski definition) is 4. The summed E-state index contributed by atoms with van der Waals surface area (Å²) in [6.45, 7) is 1.06. The smallest absolute Gasteiger partial charge is 0.408 e. The van der Waals surface area contributed by atoms with Gasteiger partial charge in [0.2, 0.25) is 11.8 Å². The largest absolute Gasteiger partial charge is 0.445 e. The van der Waals surface area contributed by atoms with Crippen LogP contribution in [0.25, 0.3) is 0 Å². The van der Waals surface area contributed by atoms with Gasteiger partial charge in [0.25, 0.3) is 0 Å². The highest BCUT2D eigenvalue weighted by Crippen LogP contribution is 2.12. The lowest BCUT2D eigenvalue weighted by Crippen LogP contribution is -2.46. The van der Waals surface area contributed by atoms with Crippen LogP contribution < -0.4 is 16.0 Å². The van der Waals surface area contributed by atoms with Crippen LogP contribution >= 0.6 is 0 Å². The minimum Gasteiger partial charge on any atom is -0.445 e. The van der Waals surface area contributed by atoms with Crippen molar-refractivity contribution in [2.45, 2.75) is 19.6 Å². The molecule has 0 spiro atoms. The number of halogens is 2. The first kappa shape index (κ1) is 20.8. The second kappa shape index (κ2) is 10.0. The molecule has 0 heterocycles. The minimum absolute atomic E-state index is 0.0498. The van der Waals surface area contributed by atoms with E-state index in [1.807, 2.05) is 6.07 Å². The highest BCUT2D eigenvalue weighted by atomic mass is 19.2. The van der Waals surface area contributed by atoms with Crippen molar-refractivity contribution in [2.75, 3.05) is 11.9 Å². The van der Waals surface area contributed by atoms with Gasteiger partial charge in [-0.15, -0.1) is 0 Å². The zero-order valence-electron chi connectivity index (χ0n) is 15.0. The number of carbonyl (C=O) groups is 3. The molecule has 2 aromatic carbocycles. The van der Waals surface area contributed by atoms with Gasteiger partial charge in [0.15, 0.2) is 11.6 Å². The molecule has 3 N–H and O–H groups in total. The number of rotatable bonds is 7. The highest BCUT2D eigenvalue weighted by molar-refractivity contribution is 5.95. The number of benzene rings is 2. The van der Waals surface area contributed by atoms with Gasteiger partial charge in [0.05, 0.1) is 6.54 Å². The predicted octanol–water partition coefficient (Wildman–Crippen LogP) is 2.33. The molecule has 0 bridgehead atoms. The molecule has 0 aliphatic rings. The number of amides is 3. The Morgan fingerprint density at radius 1 is 1.04 bits per heavy atom. The Hall–Kier alpha value is -3.49. The maximum absolute atomic E-state index is 13.1. The standard InChI is InChI=1S/C19H19F2N3O4/c1-12(23-19(27)28-11-13-5-3-2-4-6-13)18(26)22-10-17(25)24-14-7-8-15(20)16(21)9-14/h2-9,12H,10-11H2,1H3,(H,22,26)(H,23,27)(H,24,25)/t12-/m0/s1. The van der Waals surface area contributed by atoms with Gasteiger partial charge in [0, 0.05) is 11.8 Å². The van der Waals surface area contributed by atoms with Gasteiger partial charge in [-0.05, 0) is 24.6 Å². The van der Waals surface area contributed by atoms with Crippen molar-refractivity contribution in [3.05, 3.63) is 65.7 Å². The van der Waals surface area contributed by atoms with Crippen molar-refractivity contribution >= 4 is 23.6 Å². The Bertz CT molecular complexity index is 846. The number of carbonyl (C=O) groups excluding carboxylic acids is 3. The van der Waals surface area contributed by atoms with Crippen LogP contribution in [0.5, 0.6) is 0 Å². The number of ether oxygens (including phenoxy) is 1. The summed E-state index contributed by atoms with van der Waals surface area (Å²) in [4.78, 5) is 35.4. The van der Waals surface area contributed by atoms with Crippen LogP contribution in [-0.4, -0.2) is 30.5 Å². The van der Waals surface area contributed by atoms with Crippen LogP contribution in [0.2, 0.25) is 0 Å². The van der Waals surface area contributed by atoms with Crippen LogP contribution in [0, 0.1) is 11.6 Å². The molecular weight excluding hydrogens is 372 g/mol. The van der Waals surface area contributed by atoms with E-state index < -0.39 is 42.1 Å². The molecule has 0 aromatic heterocycles. The molecule has 0 aliphatic carbocycles. The molecular formula is C19H19F2N3O4. The van der Waals surface area contributed by atoms with Crippen molar-refractivity contribution in [3.8, 4) is 0 Å². The monoisotopic (exact) mass is 391 g/mol. The molecule has 1 atom stereocenters. The average molecular weight is 391 g/mol. The van der Waals surface area contributed by atoms with Crippen molar-refractivity contribution in [1.82, 2.24) is 10.6 Å². The Labute approximate surface area is 160 Å². The molecule has 0 unspecified atom stereocenters. The summed E-state index contributed by atoms with van der Waals surface area (Å²) < 4.78 is 30.9. The van der Waals surface area contributed by atoms with E-state index in [4.69, 9.17) is 4.74 Å². The number of anilines is 1. The second-order valence-electron chi connectivity index (χ2n) is 5.82. The summed E-state index contributed by atoms with van der Waals surface area (Å²) in [5.41, 5.74) is 0.845. The van der Waals surface area contributed by atoms with E-state index in [-0.39, 0.29) is 12.3 Å². The van der Waals surface area contributed by atoms with Crippen molar-refractivity contribution in [3.63, 3.8) is 0 Å². The lowest BCUT2D eigenvalue weighted by molar-refractivity contribution is -0.125. The zero-order chi connectivity index (χ0) is 20.5. The summed E-state index contributed by atoms with van der Waals surface area (Å²) >= 11 is 0. The molecule has 0 saturated carbocycles. The van der Waals surface area contributed by atoms with Crippen LogP contribution in [-0.2, 0) is 20.9 Å². The summed E-state index contributed by atoms with van der Waals surface area (Å²) in [6, 6.07) is 10.9. The lowest BCUT2D eigenvalue weighted by atomic mass is 10.2. The second-order valence-corrected chi connectivity index (χ2v) is 5.82. The topological polar surface area (TPSA) is 96.5 Å². The Morgan fingerprint density at radius 2 is 1.75 bits per heavy atom. The van der Waals surface area contributed by atoms with E-state index in [1.165, 1.54) is 13.0 Å². The molecule has 9 heteroatoms. The molecule has 0 aliphatic heterocycles. The van der Waals surface area contributed by atoms with Gasteiger partial charge < -0.3 is 20.7 Å². The van der Waals surface area contributed by atoms with E-state index in [2.05, 4.69) is 16.0 Å². The zero-order valence-corrected chi connectivity index (χ0v) is 15.0. The fourth-order valence-corrected chi connectivity index (χ4v) is 2.11. The maximum atomic E-state index is 13.1. The van der Waals surface area contributed by atoms with Gasteiger partial charge >= 0.3 is 6.09 Å². The Balaban J connectivity index is 1.71. The third-order valence-corrected chi connectivity index (χ3v) is 3.57. The molecule has 3 amide bonds. The number of hydrogen-bond donors (Lipinski definition) is 3. The van der Waals surface area contributed by atoms with Crippen molar-refractivity contribution in [1.29, 1.82) is 0 Å². The van der Waals surface area contributed by atoms with Gasteiger partial charge in [-0.2, -0.15) is 0 Å². The fraction of sp³-hybridized carbons (Fsp3) is 0.211. The molecule has 0 fully saturated rings. The van der Waals surface area contributed by atoms with Gasteiger partial charge in [-0.3, -0.25) is 9.59 Å². The van der Waals surface area contributed by atoms with Crippen LogP contribution in [0.4, 0.5) is 19.3 Å². The number of nitrogens with one attached hydrogen (secondary N) is 3. The SMILES string of the molecule is C[C@H](NC(=O)OCc1ccccc1)C(=O)NCC(=O)Nc1ccc(F)c(F)c1. The average Bonchev–Trinajstić information content (AvgIpc) is 2.68. The van der Waals surface area contributed by atoms with Gasteiger partial charge in [-0.25, -0.2) is 13.6 Å². The summed E-state index contributed by atoms with van der Waals surface area (Å²) in [6.07, 6.45) is -0.780.